The van der Waals surface area contributed by atoms with Crippen molar-refractivity contribution in [2.24, 2.45) is 0 Å². The van der Waals surface area contributed by atoms with Crippen LogP contribution >= 0.6 is 0 Å². The highest BCUT2D eigenvalue weighted by molar-refractivity contribution is 5.94. The van der Waals surface area contributed by atoms with Crippen LogP contribution in [0.1, 0.15) is 5.56 Å². The van der Waals surface area contributed by atoms with Gasteiger partial charge in [-0.1, -0.05) is 42.5 Å². The topological polar surface area (TPSA) is 48.0 Å². The number of nitrogens with zero attached hydrogens (tertiary/aromatic N) is 1. The van der Waals surface area contributed by atoms with E-state index in [9.17, 15) is 4.79 Å². The molecule has 0 unspecified atom stereocenters. The first-order valence-corrected chi connectivity index (χ1v) is 8.90. The average Bonchev–Trinajstić information content (AvgIpc) is 3.07. The summed E-state index contributed by atoms with van der Waals surface area (Å²) < 4.78 is 16.3. The minimum Gasteiger partial charge on any atom is -0.489 e. The second-order valence-corrected chi connectivity index (χ2v) is 6.54. The van der Waals surface area contributed by atoms with Crippen molar-refractivity contribution in [2.45, 2.75) is 12.7 Å². The van der Waals surface area contributed by atoms with E-state index in [2.05, 4.69) is 0 Å². The van der Waals surface area contributed by atoms with Gasteiger partial charge in [0.15, 0.2) is 0 Å². The molecule has 27 heavy (non-hydrogen) atoms. The molecule has 138 valence electrons. The van der Waals surface area contributed by atoms with Gasteiger partial charge in [0.2, 0.25) is 0 Å². The molecule has 0 aliphatic carbocycles. The molecule has 0 spiro atoms. The van der Waals surface area contributed by atoms with Crippen LogP contribution in [0.5, 0.6) is 5.75 Å². The summed E-state index contributed by atoms with van der Waals surface area (Å²) in [4.78, 5) is 13.7. The molecule has 3 aromatic carbocycles. The first-order valence-electron chi connectivity index (χ1n) is 8.90. The first kappa shape index (κ1) is 17.4. The minimum absolute atomic E-state index is 0.230. The molecular formula is C22H21NO4. The molecular weight excluding hydrogens is 342 g/mol. The second-order valence-electron chi connectivity index (χ2n) is 6.54. The minimum atomic E-state index is -0.334. The zero-order chi connectivity index (χ0) is 18.6. The van der Waals surface area contributed by atoms with Crippen molar-refractivity contribution in [2.75, 3.05) is 25.2 Å². The number of hydrogen-bond donors (Lipinski definition) is 0. The Morgan fingerprint density at radius 3 is 2.63 bits per heavy atom. The Kier molecular flexibility index (Phi) is 4.94. The number of carbonyl (C=O) groups excluding carboxylic acids is 1. The molecule has 1 fully saturated rings. The van der Waals surface area contributed by atoms with E-state index < -0.39 is 0 Å². The predicted molar refractivity (Wildman–Crippen MR) is 104 cm³/mol. The number of benzene rings is 3. The van der Waals surface area contributed by atoms with Crippen molar-refractivity contribution in [1.82, 2.24) is 0 Å². The van der Waals surface area contributed by atoms with E-state index in [1.54, 1.807) is 12.0 Å². The van der Waals surface area contributed by atoms with Crippen LogP contribution in [-0.2, 0) is 16.1 Å². The van der Waals surface area contributed by atoms with Gasteiger partial charge in [-0.05, 0) is 40.6 Å². The monoisotopic (exact) mass is 363 g/mol. The molecule has 0 bridgehead atoms. The van der Waals surface area contributed by atoms with Crippen LogP contribution in [0.15, 0.2) is 66.7 Å². The summed E-state index contributed by atoms with van der Waals surface area (Å²) in [5, 5.41) is 2.10. The summed E-state index contributed by atoms with van der Waals surface area (Å²) in [6.45, 7) is 1.43. The van der Waals surface area contributed by atoms with Crippen LogP contribution in [0, 0.1) is 0 Å². The maximum atomic E-state index is 12.1. The Morgan fingerprint density at radius 2 is 1.81 bits per heavy atom. The van der Waals surface area contributed by atoms with E-state index in [1.165, 1.54) is 0 Å². The average molecular weight is 363 g/mol. The third kappa shape index (κ3) is 3.88. The summed E-state index contributed by atoms with van der Waals surface area (Å²) in [7, 11) is 1.60. The molecule has 0 radical (unpaired) electrons. The third-order valence-electron chi connectivity index (χ3n) is 4.58. The lowest BCUT2D eigenvalue weighted by Gasteiger charge is -2.14. The lowest BCUT2D eigenvalue weighted by molar-refractivity contribution is 0.0718. The van der Waals surface area contributed by atoms with E-state index in [4.69, 9.17) is 14.2 Å². The van der Waals surface area contributed by atoms with Crippen LogP contribution < -0.4 is 9.64 Å². The first-order chi connectivity index (χ1) is 13.2. The summed E-state index contributed by atoms with van der Waals surface area (Å²) in [6.07, 6.45) is -0.564. The summed E-state index contributed by atoms with van der Waals surface area (Å²) >= 11 is 0. The SMILES string of the molecule is COC[C@H]1CN(c2ccc3cc(OCc4ccccc4)ccc3c2)C(=O)O1. The molecule has 0 saturated carbocycles. The van der Waals surface area contributed by atoms with Gasteiger partial charge in [-0.3, -0.25) is 4.90 Å². The van der Waals surface area contributed by atoms with Crippen molar-refractivity contribution in [3.8, 4) is 5.75 Å². The van der Waals surface area contributed by atoms with Crippen LogP contribution in [0.4, 0.5) is 10.5 Å². The number of rotatable bonds is 6. The van der Waals surface area contributed by atoms with Crippen LogP contribution in [0.3, 0.4) is 0 Å². The quantitative estimate of drug-likeness (QED) is 0.652. The number of methoxy groups -OCH3 is 1. The van der Waals surface area contributed by atoms with E-state index in [0.29, 0.717) is 19.8 Å². The Hall–Kier alpha value is -3.05. The van der Waals surface area contributed by atoms with Crippen molar-refractivity contribution in [3.63, 3.8) is 0 Å². The van der Waals surface area contributed by atoms with Gasteiger partial charge in [-0.2, -0.15) is 0 Å². The van der Waals surface area contributed by atoms with Gasteiger partial charge in [0.25, 0.3) is 0 Å². The number of amides is 1. The summed E-state index contributed by atoms with van der Waals surface area (Å²) in [5.74, 6) is 0.819. The fourth-order valence-corrected chi connectivity index (χ4v) is 3.21. The molecule has 0 aromatic heterocycles. The second kappa shape index (κ2) is 7.68. The van der Waals surface area contributed by atoms with E-state index in [1.807, 2.05) is 66.7 Å². The number of cyclic esters (lactones) is 1. The molecule has 5 heteroatoms. The number of carbonyl (C=O) groups is 1. The van der Waals surface area contributed by atoms with Gasteiger partial charge in [-0.15, -0.1) is 0 Å². The van der Waals surface area contributed by atoms with Crippen molar-refractivity contribution in [1.29, 1.82) is 0 Å². The van der Waals surface area contributed by atoms with Gasteiger partial charge in [-0.25, -0.2) is 4.79 Å². The number of hydrogen-bond acceptors (Lipinski definition) is 4. The normalized spacial score (nSPS) is 16.6. The largest absolute Gasteiger partial charge is 0.489 e. The van der Waals surface area contributed by atoms with Crippen LogP contribution in [-0.4, -0.2) is 32.5 Å². The van der Waals surface area contributed by atoms with Gasteiger partial charge < -0.3 is 14.2 Å². The standard InChI is InChI=1S/C22H21NO4/c1-25-15-21-13-23(22(24)27-21)19-9-7-18-12-20(10-8-17(18)11-19)26-14-16-5-3-2-4-6-16/h2-12,21H,13-15H2,1H3/t21-/m1/s1. The smallest absolute Gasteiger partial charge is 0.414 e. The van der Waals surface area contributed by atoms with Gasteiger partial charge in [0.05, 0.1) is 13.2 Å². The lowest BCUT2D eigenvalue weighted by Crippen LogP contribution is -2.25. The highest BCUT2D eigenvalue weighted by Crippen LogP contribution is 2.28. The van der Waals surface area contributed by atoms with Gasteiger partial charge in [0, 0.05) is 12.8 Å². The fourth-order valence-electron chi connectivity index (χ4n) is 3.21. The van der Waals surface area contributed by atoms with E-state index >= 15 is 0 Å². The van der Waals surface area contributed by atoms with Crippen molar-refractivity contribution in [3.05, 3.63) is 72.3 Å². The Labute approximate surface area is 158 Å². The molecule has 4 rings (SSSR count). The molecule has 1 aliphatic rings. The molecule has 1 amide bonds. The highest BCUT2D eigenvalue weighted by atomic mass is 16.6. The van der Waals surface area contributed by atoms with Crippen molar-refractivity contribution < 1.29 is 19.0 Å². The fraction of sp³-hybridized carbons (Fsp3) is 0.227. The molecule has 1 atom stereocenters. The van der Waals surface area contributed by atoms with Gasteiger partial charge >= 0.3 is 6.09 Å². The Bertz CT molecular complexity index is 941. The zero-order valence-corrected chi connectivity index (χ0v) is 15.1. The van der Waals surface area contributed by atoms with E-state index in [0.717, 1.165) is 27.8 Å². The Morgan fingerprint density at radius 1 is 1.04 bits per heavy atom. The van der Waals surface area contributed by atoms with Crippen LogP contribution in [0.2, 0.25) is 0 Å². The van der Waals surface area contributed by atoms with Crippen LogP contribution in [0.25, 0.3) is 10.8 Å². The van der Waals surface area contributed by atoms with Gasteiger partial charge in [0.1, 0.15) is 18.5 Å². The number of anilines is 1. The molecule has 5 nitrogen and oxygen atoms in total. The lowest BCUT2D eigenvalue weighted by atomic mass is 10.1. The molecule has 1 aliphatic heterocycles. The summed E-state index contributed by atoms with van der Waals surface area (Å²) in [6, 6.07) is 22.0. The van der Waals surface area contributed by atoms with E-state index in [-0.39, 0.29) is 12.2 Å². The molecule has 1 heterocycles. The molecule has 3 aromatic rings. The Balaban J connectivity index is 1.50. The zero-order valence-electron chi connectivity index (χ0n) is 15.1. The van der Waals surface area contributed by atoms with Crippen molar-refractivity contribution >= 4 is 22.6 Å². The summed E-state index contributed by atoms with van der Waals surface area (Å²) in [5.41, 5.74) is 1.95. The number of fused-ring (bicyclic) bond motifs is 1. The third-order valence-corrected chi connectivity index (χ3v) is 4.58. The highest BCUT2D eigenvalue weighted by Gasteiger charge is 2.32. The predicted octanol–water partition coefficient (Wildman–Crippen LogP) is 4.39. The maximum absolute atomic E-state index is 12.1. The molecule has 1 saturated heterocycles. The maximum Gasteiger partial charge on any atom is 0.414 e. The number of ether oxygens (including phenoxy) is 3. The molecule has 0 N–H and O–H groups in total.